The molecule has 0 radical (unpaired) electrons. The van der Waals surface area contributed by atoms with Crippen LogP contribution < -0.4 is 10.2 Å². The molecule has 1 aromatic rings. The molecule has 1 N–H and O–H groups in total. The molecule has 4 nitrogen and oxygen atoms in total. The maximum atomic E-state index is 13.0. The maximum absolute atomic E-state index is 13.0. The van der Waals surface area contributed by atoms with E-state index in [4.69, 9.17) is 0 Å². The zero-order valence-electron chi connectivity index (χ0n) is 9.50. The number of benzene rings is 1. The van der Waals surface area contributed by atoms with E-state index in [1.807, 2.05) is 7.05 Å². The van der Waals surface area contributed by atoms with Crippen LogP contribution >= 0.6 is 0 Å². The molecule has 0 saturated heterocycles. The van der Waals surface area contributed by atoms with Crippen molar-refractivity contribution in [3.05, 3.63) is 29.6 Å². The number of carbonyl (C=O) groups is 2. The Morgan fingerprint density at radius 1 is 1.35 bits per heavy atom. The Balaban J connectivity index is 2.25. The summed E-state index contributed by atoms with van der Waals surface area (Å²) in [5.74, 6) is -1.69. The number of ketones is 1. The van der Waals surface area contributed by atoms with Crippen molar-refractivity contribution in [3.8, 4) is 0 Å². The smallest absolute Gasteiger partial charge is 0.299 e. The summed E-state index contributed by atoms with van der Waals surface area (Å²) in [6.45, 7) is 1.22. The highest BCUT2D eigenvalue weighted by Gasteiger charge is 2.35. The third-order valence-electron chi connectivity index (χ3n) is 2.74. The van der Waals surface area contributed by atoms with Gasteiger partial charge in [-0.1, -0.05) is 0 Å². The number of hydrogen-bond acceptors (Lipinski definition) is 3. The van der Waals surface area contributed by atoms with Crippen LogP contribution in [0, 0.1) is 5.82 Å². The minimum absolute atomic E-state index is 0.166. The average Bonchev–Trinajstić information content (AvgIpc) is 2.54. The molecular formula is C12H13FN2O2. The molecule has 0 atom stereocenters. The summed E-state index contributed by atoms with van der Waals surface area (Å²) in [5, 5.41) is 2.97. The van der Waals surface area contributed by atoms with Crippen molar-refractivity contribution in [1.82, 2.24) is 5.32 Å². The topological polar surface area (TPSA) is 49.4 Å². The number of amides is 1. The van der Waals surface area contributed by atoms with E-state index < -0.39 is 17.5 Å². The van der Waals surface area contributed by atoms with Gasteiger partial charge in [-0.05, 0) is 38.2 Å². The van der Waals surface area contributed by atoms with Crippen molar-refractivity contribution >= 4 is 17.4 Å². The number of nitrogens with zero attached hydrogens (tertiary/aromatic N) is 1. The number of fused-ring (bicyclic) bond motifs is 1. The van der Waals surface area contributed by atoms with E-state index >= 15 is 0 Å². The lowest BCUT2D eigenvalue weighted by atomic mass is 10.1. The van der Waals surface area contributed by atoms with Crippen LogP contribution in [-0.2, 0) is 4.79 Å². The highest BCUT2D eigenvalue weighted by atomic mass is 19.1. The molecule has 5 heteroatoms. The van der Waals surface area contributed by atoms with Crippen LogP contribution in [0.2, 0.25) is 0 Å². The summed E-state index contributed by atoms with van der Waals surface area (Å²) < 4.78 is 13.0. The van der Waals surface area contributed by atoms with E-state index in [2.05, 4.69) is 5.32 Å². The lowest BCUT2D eigenvalue weighted by Gasteiger charge is -2.15. The first-order chi connectivity index (χ1) is 8.15. The third-order valence-corrected chi connectivity index (χ3v) is 2.74. The molecule has 0 aliphatic carbocycles. The van der Waals surface area contributed by atoms with E-state index in [-0.39, 0.29) is 5.56 Å². The minimum Gasteiger partial charge on any atom is -0.320 e. The second-order valence-electron chi connectivity index (χ2n) is 3.90. The summed E-state index contributed by atoms with van der Waals surface area (Å²) >= 11 is 0. The van der Waals surface area contributed by atoms with Gasteiger partial charge in [0.2, 0.25) is 0 Å². The van der Waals surface area contributed by atoms with Gasteiger partial charge in [0.05, 0.1) is 11.3 Å². The van der Waals surface area contributed by atoms with Gasteiger partial charge in [0.25, 0.3) is 11.7 Å². The summed E-state index contributed by atoms with van der Waals surface area (Å²) in [6.07, 6.45) is 0.742. The molecule has 2 rings (SSSR count). The predicted octanol–water partition coefficient (Wildman–Crippen LogP) is 0.965. The molecule has 1 aliphatic rings. The van der Waals surface area contributed by atoms with Crippen LogP contribution in [0.1, 0.15) is 16.8 Å². The van der Waals surface area contributed by atoms with Gasteiger partial charge in [0.15, 0.2) is 0 Å². The number of carbonyl (C=O) groups excluding carboxylic acids is 2. The number of hydrogen-bond donors (Lipinski definition) is 1. The summed E-state index contributed by atoms with van der Waals surface area (Å²) in [5.41, 5.74) is 0.678. The molecule has 1 heterocycles. The van der Waals surface area contributed by atoms with Crippen molar-refractivity contribution in [2.75, 3.05) is 25.0 Å². The van der Waals surface area contributed by atoms with Gasteiger partial charge in [-0.3, -0.25) is 9.59 Å². The first kappa shape index (κ1) is 11.7. The Morgan fingerprint density at radius 3 is 2.82 bits per heavy atom. The number of halogens is 1. The summed E-state index contributed by atoms with van der Waals surface area (Å²) in [4.78, 5) is 24.7. The number of nitrogens with one attached hydrogen (secondary N) is 1. The third kappa shape index (κ3) is 2.06. The molecule has 0 fully saturated rings. The second-order valence-corrected chi connectivity index (χ2v) is 3.90. The van der Waals surface area contributed by atoms with Crippen LogP contribution in [0.3, 0.4) is 0 Å². The Bertz CT molecular complexity index is 474. The minimum atomic E-state index is -0.621. The number of rotatable bonds is 4. The van der Waals surface area contributed by atoms with Gasteiger partial charge in [0, 0.05) is 6.54 Å². The van der Waals surface area contributed by atoms with Crippen LogP contribution in [0.4, 0.5) is 10.1 Å². The van der Waals surface area contributed by atoms with Gasteiger partial charge in [0.1, 0.15) is 5.82 Å². The largest absolute Gasteiger partial charge is 0.320 e. The Labute approximate surface area is 98.4 Å². The average molecular weight is 236 g/mol. The number of Topliss-reactive ketones (excluding diaryl/α,β-unsaturated/α-hetero) is 1. The molecule has 0 spiro atoms. The van der Waals surface area contributed by atoms with Gasteiger partial charge in [-0.15, -0.1) is 0 Å². The quantitative estimate of drug-likeness (QED) is 0.626. The maximum Gasteiger partial charge on any atom is 0.299 e. The normalized spacial score (nSPS) is 14.4. The summed E-state index contributed by atoms with van der Waals surface area (Å²) in [7, 11) is 1.82. The fourth-order valence-electron chi connectivity index (χ4n) is 1.91. The molecule has 0 saturated carbocycles. The molecule has 1 aliphatic heterocycles. The van der Waals surface area contributed by atoms with Crippen LogP contribution in [0.25, 0.3) is 0 Å². The molecule has 0 aromatic heterocycles. The zero-order valence-corrected chi connectivity index (χ0v) is 9.50. The highest BCUT2D eigenvalue weighted by molar-refractivity contribution is 6.52. The summed E-state index contributed by atoms with van der Waals surface area (Å²) in [6, 6.07) is 3.86. The van der Waals surface area contributed by atoms with Gasteiger partial charge < -0.3 is 10.2 Å². The van der Waals surface area contributed by atoms with Crippen LogP contribution in [-0.4, -0.2) is 31.8 Å². The zero-order chi connectivity index (χ0) is 12.4. The van der Waals surface area contributed by atoms with Crippen LogP contribution in [0.5, 0.6) is 0 Å². The molecule has 1 amide bonds. The second kappa shape index (κ2) is 4.63. The van der Waals surface area contributed by atoms with Crippen molar-refractivity contribution in [2.45, 2.75) is 6.42 Å². The molecule has 17 heavy (non-hydrogen) atoms. The molecule has 0 bridgehead atoms. The predicted molar refractivity (Wildman–Crippen MR) is 61.6 cm³/mol. The van der Waals surface area contributed by atoms with Crippen LogP contribution in [0.15, 0.2) is 18.2 Å². The lowest BCUT2D eigenvalue weighted by molar-refractivity contribution is -0.114. The van der Waals surface area contributed by atoms with Crippen molar-refractivity contribution in [1.29, 1.82) is 0 Å². The molecule has 0 unspecified atom stereocenters. The van der Waals surface area contributed by atoms with Gasteiger partial charge in [-0.2, -0.15) is 0 Å². The molecule has 1 aromatic carbocycles. The molecular weight excluding hydrogens is 223 g/mol. The number of anilines is 1. The van der Waals surface area contributed by atoms with Crippen molar-refractivity contribution in [2.24, 2.45) is 0 Å². The first-order valence-corrected chi connectivity index (χ1v) is 5.45. The SMILES string of the molecule is CNCCCN1C(=O)C(=O)c2cc(F)ccc21. The van der Waals surface area contributed by atoms with E-state index in [1.165, 1.54) is 17.0 Å². The monoisotopic (exact) mass is 236 g/mol. The highest BCUT2D eigenvalue weighted by Crippen LogP contribution is 2.29. The van der Waals surface area contributed by atoms with E-state index in [9.17, 15) is 14.0 Å². The van der Waals surface area contributed by atoms with Gasteiger partial charge >= 0.3 is 0 Å². The van der Waals surface area contributed by atoms with Crippen molar-refractivity contribution in [3.63, 3.8) is 0 Å². The Morgan fingerprint density at radius 2 is 2.12 bits per heavy atom. The Kier molecular flexibility index (Phi) is 3.19. The van der Waals surface area contributed by atoms with Crippen molar-refractivity contribution < 1.29 is 14.0 Å². The van der Waals surface area contributed by atoms with Gasteiger partial charge in [-0.25, -0.2) is 4.39 Å². The van der Waals surface area contributed by atoms with E-state index in [0.717, 1.165) is 19.0 Å². The van der Waals surface area contributed by atoms with E-state index in [1.54, 1.807) is 0 Å². The Hall–Kier alpha value is -1.75. The van der Waals surface area contributed by atoms with E-state index in [0.29, 0.717) is 12.2 Å². The fourth-order valence-corrected chi connectivity index (χ4v) is 1.91. The molecule has 90 valence electrons. The first-order valence-electron chi connectivity index (χ1n) is 5.45. The lowest BCUT2D eigenvalue weighted by Crippen LogP contribution is -2.32. The fraction of sp³-hybridized carbons (Fsp3) is 0.333. The standard InChI is InChI=1S/C12H13FN2O2/c1-14-5-2-6-15-10-4-3-8(13)7-9(10)11(16)12(15)17/h3-4,7,14H,2,5-6H2,1H3.